The quantitative estimate of drug-likeness (QED) is 0.880. The molecule has 0 saturated heterocycles. The summed E-state index contributed by atoms with van der Waals surface area (Å²) in [6, 6.07) is 5.66. The van der Waals surface area contributed by atoms with E-state index in [4.69, 9.17) is 4.74 Å². The van der Waals surface area contributed by atoms with E-state index in [0.717, 1.165) is 16.0 Å². The molecule has 1 atom stereocenters. The van der Waals surface area contributed by atoms with Gasteiger partial charge in [0.15, 0.2) is 5.13 Å². The molecule has 1 unspecified atom stereocenters. The Morgan fingerprint density at radius 3 is 3.00 bits per heavy atom. The van der Waals surface area contributed by atoms with Crippen LogP contribution in [-0.2, 0) is 4.79 Å². The number of hydrogen-bond acceptors (Lipinski definition) is 5. The Hall–Kier alpha value is -1.66. The summed E-state index contributed by atoms with van der Waals surface area (Å²) in [5, 5.41) is 6.44. The van der Waals surface area contributed by atoms with Crippen LogP contribution >= 0.6 is 11.3 Å². The van der Waals surface area contributed by atoms with Crippen LogP contribution in [0, 0.1) is 5.92 Å². The van der Waals surface area contributed by atoms with Crippen LogP contribution in [0.4, 0.5) is 5.13 Å². The first-order valence-corrected chi connectivity index (χ1v) is 6.85. The summed E-state index contributed by atoms with van der Waals surface area (Å²) in [6.07, 6.45) is 0. The molecule has 1 amide bonds. The Morgan fingerprint density at radius 2 is 2.32 bits per heavy atom. The van der Waals surface area contributed by atoms with Crippen molar-refractivity contribution >= 4 is 32.6 Å². The molecule has 6 heteroatoms. The number of fused-ring (bicyclic) bond motifs is 1. The van der Waals surface area contributed by atoms with Gasteiger partial charge in [-0.25, -0.2) is 4.98 Å². The molecule has 0 spiro atoms. The maximum absolute atomic E-state index is 11.9. The Kier molecular flexibility index (Phi) is 4.34. The molecule has 2 N–H and O–H groups in total. The van der Waals surface area contributed by atoms with Gasteiger partial charge < -0.3 is 15.4 Å². The van der Waals surface area contributed by atoms with Gasteiger partial charge >= 0.3 is 0 Å². The summed E-state index contributed by atoms with van der Waals surface area (Å²) in [6.45, 7) is 2.52. The highest BCUT2D eigenvalue weighted by Gasteiger charge is 2.14. The lowest BCUT2D eigenvalue weighted by atomic mass is 10.2. The molecule has 0 aliphatic carbocycles. The van der Waals surface area contributed by atoms with Gasteiger partial charge in [0.2, 0.25) is 5.91 Å². The number of ether oxygens (including phenoxy) is 1. The Bertz CT molecular complexity index is 582. The lowest BCUT2D eigenvalue weighted by Gasteiger charge is -2.08. The third kappa shape index (κ3) is 3.21. The van der Waals surface area contributed by atoms with Gasteiger partial charge in [-0.1, -0.05) is 18.3 Å². The Morgan fingerprint density at radius 1 is 1.53 bits per heavy atom. The third-order valence-electron chi connectivity index (χ3n) is 2.78. The highest BCUT2D eigenvalue weighted by Crippen LogP contribution is 2.29. The molecule has 2 aromatic rings. The molecule has 1 aromatic heterocycles. The second kappa shape index (κ2) is 5.99. The van der Waals surface area contributed by atoms with Gasteiger partial charge in [0.05, 0.1) is 17.3 Å². The monoisotopic (exact) mass is 279 g/mol. The fourth-order valence-corrected chi connectivity index (χ4v) is 2.61. The number of anilines is 1. The van der Waals surface area contributed by atoms with E-state index >= 15 is 0 Å². The smallest absolute Gasteiger partial charge is 0.230 e. The number of amides is 1. The minimum absolute atomic E-state index is 0.0274. The van der Waals surface area contributed by atoms with E-state index in [-0.39, 0.29) is 11.8 Å². The zero-order chi connectivity index (χ0) is 13.8. The number of carbonyl (C=O) groups excluding carboxylic acids is 1. The number of rotatable bonds is 5. The van der Waals surface area contributed by atoms with Gasteiger partial charge in [-0.2, -0.15) is 0 Å². The number of aromatic nitrogens is 1. The standard InChI is InChI=1S/C13H17N3O2S/c1-8(7-14-2)12(17)16-13-15-10-5-4-9(18-3)6-11(10)19-13/h4-6,8,14H,7H2,1-3H3,(H,15,16,17). The van der Waals surface area contributed by atoms with Gasteiger partial charge in [-0.05, 0) is 25.2 Å². The summed E-state index contributed by atoms with van der Waals surface area (Å²) in [4.78, 5) is 16.3. The summed E-state index contributed by atoms with van der Waals surface area (Å²) in [7, 11) is 3.46. The van der Waals surface area contributed by atoms with Crippen molar-refractivity contribution in [1.82, 2.24) is 10.3 Å². The number of methoxy groups -OCH3 is 1. The number of carbonyl (C=O) groups is 1. The molecule has 0 radical (unpaired) electrons. The minimum atomic E-state index is -0.0912. The first-order valence-electron chi connectivity index (χ1n) is 6.04. The van der Waals surface area contributed by atoms with Crippen molar-refractivity contribution in [3.8, 4) is 5.75 Å². The number of hydrogen-bond donors (Lipinski definition) is 2. The van der Waals surface area contributed by atoms with Gasteiger partial charge in [0.25, 0.3) is 0 Å². The lowest BCUT2D eigenvalue weighted by Crippen LogP contribution is -2.28. The average Bonchev–Trinajstić information content (AvgIpc) is 2.79. The number of nitrogens with one attached hydrogen (secondary N) is 2. The SMILES string of the molecule is CNCC(C)C(=O)Nc1nc2ccc(OC)cc2s1. The molecule has 1 heterocycles. The summed E-state index contributed by atoms with van der Waals surface area (Å²) in [5.41, 5.74) is 0.863. The largest absolute Gasteiger partial charge is 0.497 e. The van der Waals surface area contributed by atoms with Gasteiger partial charge in [-0.3, -0.25) is 4.79 Å². The van der Waals surface area contributed by atoms with Crippen molar-refractivity contribution in [2.45, 2.75) is 6.92 Å². The normalized spacial score (nSPS) is 12.4. The number of nitrogens with zero attached hydrogens (tertiary/aromatic N) is 1. The van der Waals surface area contributed by atoms with Gasteiger partial charge in [0.1, 0.15) is 5.75 Å². The zero-order valence-electron chi connectivity index (χ0n) is 11.2. The first kappa shape index (κ1) is 13.8. The van der Waals surface area contributed by atoms with Crippen LogP contribution in [0.1, 0.15) is 6.92 Å². The predicted octanol–water partition coefficient (Wildman–Crippen LogP) is 2.10. The predicted molar refractivity (Wildman–Crippen MR) is 77.9 cm³/mol. The van der Waals surface area contributed by atoms with Crippen LogP contribution in [0.15, 0.2) is 18.2 Å². The Labute approximate surface area is 116 Å². The number of thiazole rings is 1. The van der Waals surface area contributed by atoms with Crippen molar-refractivity contribution in [3.63, 3.8) is 0 Å². The topological polar surface area (TPSA) is 63.2 Å². The second-order valence-electron chi connectivity index (χ2n) is 4.30. The average molecular weight is 279 g/mol. The molecule has 5 nitrogen and oxygen atoms in total. The fraction of sp³-hybridized carbons (Fsp3) is 0.385. The minimum Gasteiger partial charge on any atom is -0.497 e. The molecule has 102 valence electrons. The molecule has 0 aliphatic rings. The molecule has 0 saturated carbocycles. The molecule has 0 bridgehead atoms. The van der Waals surface area contributed by atoms with E-state index in [9.17, 15) is 4.79 Å². The van der Waals surface area contributed by atoms with E-state index in [1.807, 2.05) is 32.2 Å². The molecular formula is C13H17N3O2S. The molecule has 1 aromatic carbocycles. The van der Waals surface area contributed by atoms with Crippen LogP contribution in [-0.4, -0.2) is 31.6 Å². The van der Waals surface area contributed by atoms with Crippen molar-refractivity contribution < 1.29 is 9.53 Å². The van der Waals surface area contributed by atoms with Gasteiger partial charge in [0, 0.05) is 12.5 Å². The van der Waals surface area contributed by atoms with Crippen molar-refractivity contribution in [1.29, 1.82) is 0 Å². The van der Waals surface area contributed by atoms with Crippen LogP contribution < -0.4 is 15.4 Å². The maximum atomic E-state index is 11.9. The second-order valence-corrected chi connectivity index (χ2v) is 5.33. The molecular weight excluding hydrogens is 262 g/mol. The van der Waals surface area contributed by atoms with Crippen LogP contribution in [0.3, 0.4) is 0 Å². The van der Waals surface area contributed by atoms with E-state index < -0.39 is 0 Å². The fourth-order valence-electron chi connectivity index (χ4n) is 1.71. The summed E-state index contributed by atoms with van der Waals surface area (Å²) < 4.78 is 6.16. The molecule has 19 heavy (non-hydrogen) atoms. The lowest BCUT2D eigenvalue weighted by molar-refractivity contribution is -0.119. The maximum Gasteiger partial charge on any atom is 0.230 e. The van der Waals surface area contributed by atoms with Crippen molar-refractivity contribution in [2.75, 3.05) is 26.0 Å². The highest BCUT2D eigenvalue weighted by atomic mass is 32.1. The van der Waals surface area contributed by atoms with Crippen LogP contribution in [0.5, 0.6) is 5.75 Å². The number of benzene rings is 1. The van der Waals surface area contributed by atoms with Gasteiger partial charge in [-0.15, -0.1) is 0 Å². The van der Waals surface area contributed by atoms with Crippen LogP contribution in [0.25, 0.3) is 10.2 Å². The Balaban J connectivity index is 2.15. The third-order valence-corrected chi connectivity index (χ3v) is 3.72. The van der Waals surface area contributed by atoms with E-state index in [1.54, 1.807) is 7.11 Å². The van der Waals surface area contributed by atoms with E-state index in [0.29, 0.717) is 11.7 Å². The summed E-state index contributed by atoms with van der Waals surface area (Å²) in [5.74, 6) is 0.671. The van der Waals surface area contributed by atoms with Crippen LogP contribution in [0.2, 0.25) is 0 Å². The first-order chi connectivity index (χ1) is 9.13. The summed E-state index contributed by atoms with van der Waals surface area (Å²) >= 11 is 1.45. The van der Waals surface area contributed by atoms with Crippen molar-refractivity contribution in [3.05, 3.63) is 18.2 Å². The molecule has 2 rings (SSSR count). The van der Waals surface area contributed by atoms with E-state index in [2.05, 4.69) is 15.6 Å². The molecule has 0 fully saturated rings. The van der Waals surface area contributed by atoms with E-state index in [1.165, 1.54) is 11.3 Å². The van der Waals surface area contributed by atoms with Crippen molar-refractivity contribution in [2.24, 2.45) is 5.92 Å². The highest BCUT2D eigenvalue weighted by molar-refractivity contribution is 7.22. The molecule has 0 aliphatic heterocycles. The zero-order valence-corrected chi connectivity index (χ0v) is 12.0.